The summed E-state index contributed by atoms with van der Waals surface area (Å²) in [6.45, 7) is 7.61. The van der Waals surface area contributed by atoms with Crippen molar-refractivity contribution in [3.8, 4) is 5.19 Å². The molecule has 0 amide bonds. The average molecular weight is 321 g/mol. The predicted octanol–water partition coefficient (Wildman–Crippen LogP) is 2.50. The van der Waals surface area contributed by atoms with Gasteiger partial charge in [0.1, 0.15) is 5.01 Å². The van der Waals surface area contributed by atoms with E-state index in [1.165, 1.54) is 24.8 Å². The largest absolute Gasteiger partial charge is 0.469 e. The van der Waals surface area contributed by atoms with Crippen LogP contribution in [0.3, 0.4) is 0 Å². The van der Waals surface area contributed by atoms with E-state index in [0.29, 0.717) is 17.8 Å². The van der Waals surface area contributed by atoms with Gasteiger partial charge in [-0.15, -0.1) is 10.2 Å². The molecule has 0 N–H and O–H groups in total. The molecule has 1 atom stereocenters. The van der Waals surface area contributed by atoms with Crippen molar-refractivity contribution in [3.63, 3.8) is 0 Å². The van der Waals surface area contributed by atoms with E-state index in [9.17, 15) is 0 Å². The fourth-order valence-electron chi connectivity index (χ4n) is 2.92. The van der Waals surface area contributed by atoms with Crippen LogP contribution in [-0.2, 0) is 13.1 Å². The van der Waals surface area contributed by atoms with E-state index < -0.39 is 0 Å². The van der Waals surface area contributed by atoms with Gasteiger partial charge >= 0.3 is 0 Å². The minimum atomic E-state index is 0.521. The first-order valence-corrected chi connectivity index (χ1v) is 8.74. The molecule has 0 spiro atoms. The first-order chi connectivity index (χ1) is 10.7. The van der Waals surface area contributed by atoms with Crippen LogP contribution in [0.15, 0.2) is 12.4 Å². The summed E-state index contributed by atoms with van der Waals surface area (Å²) in [7, 11) is 0. The third kappa shape index (κ3) is 3.84. The van der Waals surface area contributed by atoms with Crippen molar-refractivity contribution in [1.29, 1.82) is 0 Å². The van der Waals surface area contributed by atoms with Gasteiger partial charge in [-0.2, -0.15) is 5.10 Å². The molecule has 22 heavy (non-hydrogen) atoms. The molecule has 1 saturated heterocycles. The van der Waals surface area contributed by atoms with E-state index >= 15 is 0 Å². The van der Waals surface area contributed by atoms with Gasteiger partial charge < -0.3 is 4.74 Å². The van der Waals surface area contributed by atoms with Gasteiger partial charge in [0.2, 0.25) is 0 Å². The van der Waals surface area contributed by atoms with E-state index in [1.807, 2.05) is 13.1 Å². The highest BCUT2D eigenvalue weighted by Crippen LogP contribution is 2.24. The number of aromatic nitrogens is 4. The van der Waals surface area contributed by atoms with Crippen molar-refractivity contribution in [2.75, 3.05) is 13.2 Å². The average Bonchev–Trinajstić information content (AvgIpc) is 3.11. The van der Waals surface area contributed by atoms with Gasteiger partial charge in [0.25, 0.3) is 5.19 Å². The fourth-order valence-corrected chi connectivity index (χ4v) is 3.69. The number of likely N-dealkylation sites (tertiary alicyclic amines) is 1. The van der Waals surface area contributed by atoms with Gasteiger partial charge in [0, 0.05) is 12.2 Å². The van der Waals surface area contributed by atoms with Crippen molar-refractivity contribution < 1.29 is 4.74 Å². The first-order valence-electron chi connectivity index (χ1n) is 7.93. The van der Waals surface area contributed by atoms with Crippen LogP contribution < -0.4 is 4.74 Å². The van der Waals surface area contributed by atoms with Crippen LogP contribution in [0.25, 0.3) is 0 Å². The molecule has 0 aromatic carbocycles. The molecule has 2 aromatic heterocycles. The molecule has 1 aliphatic heterocycles. The Kier molecular flexibility index (Phi) is 5.04. The maximum Gasteiger partial charge on any atom is 0.294 e. The van der Waals surface area contributed by atoms with Crippen molar-refractivity contribution in [3.05, 3.63) is 23.0 Å². The second-order valence-corrected chi connectivity index (χ2v) is 6.78. The molecule has 1 fully saturated rings. The highest BCUT2D eigenvalue weighted by molar-refractivity contribution is 7.13. The summed E-state index contributed by atoms with van der Waals surface area (Å²) in [5.74, 6) is 0. The highest BCUT2D eigenvalue weighted by Gasteiger charge is 2.24. The van der Waals surface area contributed by atoms with E-state index in [-0.39, 0.29) is 0 Å². The second-order valence-electron chi connectivity index (χ2n) is 5.75. The van der Waals surface area contributed by atoms with E-state index in [0.717, 1.165) is 24.6 Å². The SMILES string of the molecule is CCOc1nnc(CN2CCCC[C@@H]2Cn2cc(C)cn2)s1. The minimum absolute atomic E-state index is 0.521. The molecule has 7 heteroatoms. The highest BCUT2D eigenvalue weighted by atomic mass is 32.1. The van der Waals surface area contributed by atoms with Crippen LogP contribution in [0.1, 0.15) is 36.8 Å². The topological polar surface area (TPSA) is 56.1 Å². The lowest BCUT2D eigenvalue weighted by Crippen LogP contribution is -2.41. The van der Waals surface area contributed by atoms with Gasteiger partial charge in [-0.05, 0) is 38.8 Å². The normalized spacial score (nSPS) is 19.5. The summed E-state index contributed by atoms with van der Waals surface area (Å²) >= 11 is 1.56. The fraction of sp³-hybridized carbons (Fsp3) is 0.667. The number of aryl methyl sites for hydroxylation is 1. The van der Waals surface area contributed by atoms with Crippen LogP contribution in [0.4, 0.5) is 0 Å². The summed E-state index contributed by atoms with van der Waals surface area (Å²) in [6, 6.07) is 0.521. The Morgan fingerprint density at radius 2 is 2.27 bits per heavy atom. The van der Waals surface area contributed by atoms with E-state index in [2.05, 4.69) is 38.0 Å². The zero-order valence-corrected chi connectivity index (χ0v) is 14.1. The molecule has 1 aliphatic rings. The smallest absolute Gasteiger partial charge is 0.294 e. The van der Waals surface area contributed by atoms with Crippen molar-refractivity contribution in [2.24, 2.45) is 0 Å². The van der Waals surface area contributed by atoms with Crippen molar-refractivity contribution in [2.45, 2.75) is 52.2 Å². The molecule has 0 bridgehead atoms. The zero-order chi connectivity index (χ0) is 15.4. The number of piperidine rings is 1. The lowest BCUT2D eigenvalue weighted by molar-refractivity contribution is 0.121. The molecule has 0 radical (unpaired) electrons. The Bertz CT molecular complexity index is 596. The van der Waals surface area contributed by atoms with E-state index in [4.69, 9.17) is 4.74 Å². The number of nitrogens with zero attached hydrogens (tertiary/aromatic N) is 5. The number of rotatable bonds is 6. The van der Waals surface area contributed by atoms with E-state index in [1.54, 1.807) is 11.3 Å². The Labute approximate surface area is 135 Å². The quantitative estimate of drug-likeness (QED) is 0.818. The van der Waals surface area contributed by atoms with Gasteiger partial charge in [0.15, 0.2) is 0 Å². The molecule has 3 rings (SSSR count). The summed E-state index contributed by atoms with van der Waals surface area (Å²) in [6.07, 6.45) is 7.81. The standard InChI is InChI=1S/C15H23N5OS/c1-3-21-15-18-17-14(22-15)11-19-7-5-4-6-13(19)10-20-9-12(2)8-16-20/h8-9,13H,3-7,10-11H2,1-2H3/t13-/m1/s1. The number of hydrogen-bond donors (Lipinski definition) is 0. The van der Waals surface area contributed by atoms with Crippen LogP contribution in [-0.4, -0.2) is 44.1 Å². The third-order valence-electron chi connectivity index (χ3n) is 3.96. The maximum absolute atomic E-state index is 5.41. The summed E-state index contributed by atoms with van der Waals surface area (Å²) in [5, 5.41) is 14.5. The molecular weight excluding hydrogens is 298 g/mol. The second kappa shape index (κ2) is 7.19. The molecular formula is C15H23N5OS. The Hall–Kier alpha value is -1.47. The Morgan fingerprint density at radius 3 is 3.05 bits per heavy atom. The molecule has 120 valence electrons. The van der Waals surface area contributed by atoms with Crippen molar-refractivity contribution >= 4 is 11.3 Å². The molecule has 6 nitrogen and oxygen atoms in total. The summed E-state index contributed by atoms with van der Waals surface area (Å²) in [4.78, 5) is 2.51. The van der Waals surface area contributed by atoms with Gasteiger partial charge in [-0.3, -0.25) is 9.58 Å². The summed E-state index contributed by atoms with van der Waals surface area (Å²) in [5.41, 5.74) is 1.22. The van der Waals surface area contributed by atoms with Crippen molar-refractivity contribution in [1.82, 2.24) is 24.9 Å². The van der Waals surface area contributed by atoms with Gasteiger partial charge in [0.05, 0.1) is 25.9 Å². The Morgan fingerprint density at radius 1 is 1.36 bits per heavy atom. The first kappa shape index (κ1) is 15.4. The lowest BCUT2D eigenvalue weighted by Gasteiger charge is -2.34. The van der Waals surface area contributed by atoms with Crippen LogP contribution in [0, 0.1) is 6.92 Å². The Balaban J connectivity index is 1.63. The third-order valence-corrected chi connectivity index (χ3v) is 4.78. The van der Waals surface area contributed by atoms with Gasteiger partial charge in [-0.1, -0.05) is 17.8 Å². The zero-order valence-electron chi connectivity index (χ0n) is 13.2. The number of ether oxygens (including phenoxy) is 1. The lowest BCUT2D eigenvalue weighted by atomic mass is 10.0. The van der Waals surface area contributed by atoms with Crippen LogP contribution >= 0.6 is 11.3 Å². The minimum Gasteiger partial charge on any atom is -0.469 e. The number of hydrogen-bond acceptors (Lipinski definition) is 6. The molecule has 0 unspecified atom stereocenters. The van der Waals surface area contributed by atoms with Crippen LogP contribution in [0.2, 0.25) is 0 Å². The molecule has 0 aliphatic carbocycles. The predicted molar refractivity (Wildman–Crippen MR) is 86.1 cm³/mol. The molecule has 2 aromatic rings. The molecule has 3 heterocycles. The summed E-state index contributed by atoms with van der Waals surface area (Å²) < 4.78 is 7.47. The van der Waals surface area contributed by atoms with Crippen LogP contribution in [0.5, 0.6) is 5.19 Å². The van der Waals surface area contributed by atoms with Gasteiger partial charge in [-0.25, -0.2) is 0 Å². The molecule has 0 saturated carbocycles. The monoisotopic (exact) mass is 321 g/mol. The maximum atomic E-state index is 5.41.